The number of hydrogen-bond donors (Lipinski definition) is 0. The molecule has 0 N–H and O–H groups in total. The second kappa shape index (κ2) is 5.32. The maximum absolute atomic E-state index is 10.2. The third-order valence-corrected chi connectivity index (χ3v) is 0.524. The molecule has 0 amide bonds. The van der Waals surface area contributed by atoms with Crippen molar-refractivity contribution in [2.24, 2.45) is 0 Å². The van der Waals surface area contributed by atoms with E-state index in [1.807, 2.05) is 0 Å². The largest absolute Gasteiger partial charge is 0.387 e. The van der Waals surface area contributed by atoms with Crippen LogP contribution in [0.15, 0.2) is 0 Å². The molecule has 10 heavy (non-hydrogen) atoms. The van der Waals surface area contributed by atoms with Gasteiger partial charge < -0.3 is 4.74 Å². The fraction of sp³-hybridized carbons (Fsp3) is 0.400. The van der Waals surface area contributed by atoms with Gasteiger partial charge in [-0.3, -0.25) is 9.59 Å². The Morgan fingerprint density at radius 2 is 1.50 bits per heavy atom. The van der Waals surface area contributed by atoms with Crippen molar-refractivity contribution in [3.05, 3.63) is 0 Å². The first-order valence-corrected chi connectivity index (χ1v) is 2.27. The van der Waals surface area contributed by atoms with Crippen LogP contribution in [0.4, 0.5) is 0 Å². The average molecular weight is 178 g/mol. The second-order valence-electron chi connectivity index (χ2n) is 1.44. The molecule has 0 aromatic carbocycles. The molecule has 0 spiro atoms. The zero-order valence-corrected chi connectivity index (χ0v) is 7.19. The van der Waals surface area contributed by atoms with Crippen LogP contribution in [0.3, 0.4) is 0 Å². The summed E-state index contributed by atoms with van der Waals surface area (Å²) in [6, 6.07) is 0. The molecule has 0 aliphatic carbocycles. The molecule has 54 valence electrons. The van der Waals surface area contributed by atoms with Crippen LogP contribution < -0.4 is 0 Å². The minimum absolute atomic E-state index is 0. The van der Waals surface area contributed by atoms with Crippen molar-refractivity contribution in [3.8, 4) is 0 Å². The molecule has 0 atom stereocenters. The van der Waals surface area contributed by atoms with Gasteiger partial charge in [-0.05, 0) is 0 Å². The first-order chi connectivity index (χ1) is 4.04. The van der Waals surface area contributed by atoms with E-state index < -0.39 is 17.7 Å². The van der Waals surface area contributed by atoms with Crippen LogP contribution in [0.2, 0.25) is 0 Å². The SMILES string of the molecule is CC(=O)OC(=O)C(C)=O.[Ti]. The summed E-state index contributed by atoms with van der Waals surface area (Å²) >= 11 is 0. The molecule has 0 aromatic heterocycles. The summed E-state index contributed by atoms with van der Waals surface area (Å²) in [5.41, 5.74) is 0. The summed E-state index contributed by atoms with van der Waals surface area (Å²) in [4.78, 5) is 30.2. The van der Waals surface area contributed by atoms with Gasteiger partial charge in [-0.2, -0.15) is 0 Å². The number of carbonyl (C=O) groups is 3. The van der Waals surface area contributed by atoms with Crippen LogP contribution in [0, 0.1) is 0 Å². The van der Waals surface area contributed by atoms with Gasteiger partial charge in [-0.25, -0.2) is 4.79 Å². The van der Waals surface area contributed by atoms with E-state index in [0.29, 0.717) is 0 Å². The Morgan fingerprint density at radius 3 is 1.60 bits per heavy atom. The Morgan fingerprint density at radius 1 is 1.10 bits per heavy atom. The van der Waals surface area contributed by atoms with Gasteiger partial charge in [0.2, 0.25) is 5.78 Å². The summed E-state index contributed by atoms with van der Waals surface area (Å²) < 4.78 is 3.88. The quantitative estimate of drug-likeness (QED) is 0.238. The molecule has 0 saturated carbocycles. The van der Waals surface area contributed by atoms with Crippen LogP contribution in [0.25, 0.3) is 0 Å². The fourth-order valence-electron chi connectivity index (χ4n) is 0.202. The van der Waals surface area contributed by atoms with E-state index in [9.17, 15) is 14.4 Å². The third-order valence-electron chi connectivity index (χ3n) is 0.524. The van der Waals surface area contributed by atoms with Gasteiger partial charge in [0.05, 0.1) is 0 Å². The zero-order valence-electron chi connectivity index (χ0n) is 5.63. The molecule has 5 heteroatoms. The molecule has 0 bridgehead atoms. The Hall–Kier alpha value is -0.476. The zero-order chi connectivity index (χ0) is 7.44. The second-order valence-corrected chi connectivity index (χ2v) is 1.44. The molecule has 0 fully saturated rings. The van der Waals surface area contributed by atoms with E-state index in [0.717, 1.165) is 13.8 Å². The van der Waals surface area contributed by atoms with Gasteiger partial charge in [-0.15, -0.1) is 0 Å². The van der Waals surface area contributed by atoms with E-state index in [1.54, 1.807) is 0 Å². The van der Waals surface area contributed by atoms with Crippen molar-refractivity contribution in [1.82, 2.24) is 0 Å². The molecule has 0 heterocycles. The standard InChI is InChI=1S/C5H6O4.Ti/c1-3(6)5(8)9-4(2)7;/h1-2H3;. The van der Waals surface area contributed by atoms with E-state index in [2.05, 4.69) is 4.74 Å². The molecular formula is C5H6O4Ti. The summed E-state index contributed by atoms with van der Waals surface area (Å²) in [5.74, 6) is -2.65. The normalized spacial score (nSPS) is 7.40. The summed E-state index contributed by atoms with van der Waals surface area (Å²) in [6.07, 6.45) is 0. The minimum atomic E-state index is -1.11. The van der Waals surface area contributed by atoms with Crippen molar-refractivity contribution in [3.63, 3.8) is 0 Å². The van der Waals surface area contributed by atoms with Gasteiger partial charge in [-0.1, -0.05) is 0 Å². The number of rotatable bonds is 1. The number of Topliss-reactive ketones (excluding diaryl/α,β-unsaturated/α-hetero) is 1. The maximum Gasteiger partial charge on any atom is 0.381 e. The van der Waals surface area contributed by atoms with Crippen LogP contribution >= 0.6 is 0 Å². The van der Waals surface area contributed by atoms with E-state index in [4.69, 9.17) is 0 Å². The Bertz CT molecular complexity index is 163. The summed E-state index contributed by atoms with van der Waals surface area (Å²) in [7, 11) is 0. The fourth-order valence-corrected chi connectivity index (χ4v) is 0.202. The number of carbonyl (C=O) groups excluding carboxylic acids is 3. The molecule has 0 radical (unpaired) electrons. The van der Waals surface area contributed by atoms with Gasteiger partial charge in [0.25, 0.3) is 0 Å². The van der Waals surface area contributed by atoms with Crippen LogP contribution in [-0.2, 0) is 40.8 Å². The van der Waals surface area contributed by atoms with Gasteiger partial charge >= 0.3 is 11.9 Å². The molecule has 0 rings (SSSR count). The van der Waals surface area contributed by atoms with Crippen molar-refractivity contribution in [2.75, 3.05) is 0 Å². The first kappa shape index (κ1) is 12.2. The molecule has 0 aromatic rings. The Labute approximate surface area is 72.8 Å². The predicted molar refractivity (Wildman–Crippen MR) is 27.5 cm³/mol. The van der Waals surface area contributed by atoms with Gasteiger partial charge in [0, 0.05) is 35.6 Å². The van der Waals surface area contributed by atoms with Gasteiger partial charge in [0.1, 0.15) is 0 Å². The first-order valence-electron chi connectivity index (χ1n) is 2.27. The number of ether oxygens (including phenoxy) is 1. The molecule has 0 saturated heterocycles. The molecule has 0 aliphatic rings. The average Bonchev–Trinajstić information content (AvgIpc) is 1.63. The Kier molecular flexibility index (Phi) is 6.50. The minimum Gasteiger partial charge on any atom is -0.387 e. The van der Waals surface area contributed by atoms with E-state index >= 15 is 0 Å². The predicted octanol–water partition coefficient (Wildman–Crippen LogP) is -0.337. The number of esters is 2. The van der Waals surface area contributed by atoms with Crippen LogP contribution in [-0.4, -0.2) is 17.7 Å². The van der Waals surface area contributed by atoms with Crippen LogP contribution in [0.1, 0.15) is 13.8 Å². The molecular weight excluding hydrogens is 172 g/mol. The molecule has 4 nitrogen and oxygen atoms in total. The number of hydrogen-bond acceptors (Lipinski definition) is 4. The summed E-state index contributed by atoms with van der Waals surface area (Å²) in [5, 5.41) is 0. The summed E-state index contributed by atoms with van der Waals surface area (Å²) in [6.45, 7) is 2.09. The van der Waals surface area contributed by atoms with Crippen LogP contribution in [0.5, 0.6) is 0 Å². The maximum atomic E-state index is 10.2. The molecule has 0 unspecified atom stereocenters. The smallest absolute Gasteiger partial charge is 0.381 e. The van der Waals surface area contributed by atoms with E-state index in [-0.39, 0.29) is 21.7 Å². The third kappa shape index (κ3) is 5.66. The number of ketones is 1. The van der Waals surface area contributed by atoms with Gasteiger partial charge in [0.15, 0.2) is 0 Å². The van der Waals surface area contributed by atoms with E-state index in [1.165, 1.54) is 0 Å². The van der Waals surface area contributed by atoms with Crippen molar-refractivity contribution in [1.29, 1.82) is 0 Å². The monoisotopic (exact) mass is 178 g/mol. The van der Waals surface area contributed by atoms with Crippen molar-refractivity contribution in [2.45, 2.75) is 13.8 Å². The Balaban J connectivity index is 0. The molecule has 0 aliphatic heterocycles. The van der Waals surface area contributed by atoms with Crippen molar-refractivity contribution < 1.29 is 40.8 Å². The van der Waals surface area contributed by atoms with Crippen molar-refractivity contribution >= 4 is 17.7 Å². The topological polar surface area (TPSA) is 60.4 Å².